The van der Waals surface area contributed by atoms with Gasteiger partial charge in [0.1, 0.15) is 23.7 Å². The lowest BCUT2D eigenvalue weighted by atomic mass is 9.90. The molecule has 1 aliphatic rings. The minimum atomic E-state index is -2.08. The van der Waals surface area contributed by atoms with E-state index in [4.69, 9.17) is 4.74 Å². The fourth-order valence-electron chi connectivity index (χ4n) is 6.16. The molecule has 0 aromatic heterocycles. The van der Waals surface area contributed by atoms with Crippen molar-refractivity contribution >= 4 is 29.4 Å². The predicted molar refractivity (Wildman–Crippen MR) is 202 cm³/mol. The highest BCUT2D eigenvalue weighted by atomic mass is 16.5. The van der Waals surface area contributed by atoms with Gasteiger partial charge in [0.25, 0.3) is 0 Å². The maximum Gasteiger partial charge on any atom is 0.243 e. The van der Waals surface area contributed by atoms with Crippen molar-refractivity contribution in [3.8, 4) is 0 Å². The number of ether oxygens (including phenoxy) is 1. The largest absolute Gasteiger partial charge is 0.393 e. The molecule has 6 N–H and O–H groups in total. The van der Waals surface area contributed by atoms with E-state index in [0.29, 0.717) is 39.1 Å². The van der Waals surface area contributed by atoms with Gasteiger partial charge in [-0.25, -0.2) is 0 Å². The number of amides is 4. The number of aryl methyl sites for hydroxylation is 1. The van der Waals surface area contributed by atoms with E-state index in [1.165, 1.54) is 6.92 Å². The fourth-order valence-corrected chi connectivity index (χ4v) is 6.16. The number of aliphatic hydroxyl groups excluding tert-OH is 1. The molecule has 5 atom stereocenters. The minimum Gasteiger partial charge on any atom is -0.393 e. The van der Waals surface area contributed by atoms with E-state index in [0.717, 1.165) is 11.1 Å². The lowest BCUT2D eigenvalue weighted by molar-refractivity contribution is -0.144. The van der Waals surface area contributed by atoms with Crippen LogP contribution in [-0.2, 0) is 41.6 Å². The van der Waals surface area contributed by atoms with Crippen LogP contribution in [0.3, 0.4) is 0 Å². The summed E-state index contributed by atoms with van der Waals surface area (Å²) in [5.74, 6) is -2.89. The number of morpholine rings is 1. The van der Waals surface area contributed by atoms with Crippen molar-refractivity contribution < 1.29 is 38.9 Å². The van der Waals surface area contributed by atoms with E-state index in [1.54, 1.807) is 12.1 Å². The molecule has 1 heterocycles. The van der Waals surface area contributed by atoms with Crippen LogP contribution >= 0.6 is 0 Å². The number of nitrogens with one attached hydrogen (secondary N) is 4. The van der Waals surface area contributed by atoms with Crippen molar-refractivity contribution in [3.05, 3.63) is 71.8 Å². The van der Waals surface area contributed by atoms with Gasteiger partial charge in [-0.15, -0.1) is 0 Å². The molecule has 292 valence electrons. The molecule has 0 radical (unpaired) electrons. The lowest BCUT2D eigenvalue weighted by Gasteiger charge is -2.30. The molecular weight excluding hydrogens is 678 g/mol. The Balaban J connectivity index is 1.84. The van der Waals surface area contributed by atoms with Gasteiger partial charge in [-0.3, -0.25) is 28.9 Å². The van der Waals surface area contributed by atoms with Crippen LogP contribution in [-0.4, -0.2) is 114 Å². The van der Waals surface area contributed by atoms with Gasteiger partial charge in [0, 0.05) is 19.5 Å². The highest BCUT2D eigenvalue weighted by Crippen LogP contribution is 2.16. The number of hydrogen-bond donors (Lipinski definition) is 6. The third kappa shape index (κ3) is 15.0. The van der Waals surface area contributed by atoms with Gasteiger partial charge in [0.05, 0.1) is 32.4 Å². The number of ketones is 1. The molecule has 1 fully saturated rings. The molecular formula is C40H59N5O8. The quantitative estimate of drug-likeness (QED) is 0.111. The number of hydrogen-bond acceptors (Lipinski definition) is 9. The monoisotopic (exact) mass is 737 g/mol. The number of benzene rings is 2. The van der Waals surface area contributed by atoms with Crippen LogP contribution in [0.2, 0.25) is 0 Å². The van der Waals surface area contributed by atoms with Crippen molar-refractivity contribution in [2.75, 3.05) is 39.5 Å². The van der Waals surface area contributed by atoms with Gasteiger partial charge in [-0.2, -0.15) is 0 Å². The number of carbonyl (C=O) groups is 5. The van der Waals surface area contributed by atoms with Crippen LogP contribution < -0.4 is 21.3 Å². The summed E-state index contributed by atoms with van der Waals surface area (Å²) >= 11 is 0. The zero-order valence-electron chi connectivity index (χ0n) is 31.8. The predicted octanol–water partition coefficient (Wildman–Crippen LogP) is 1.54. The normalized spacial score (nSPS) is 16.8. The molecule has 4 amide bonds. The van der Waals surface area contributed by atoms with E-state index in [9.17, 15) is 34.2 Å². The Bertz CT molecular complexity index is 1460. The first-order valence-electron chi connectivity index (χ1n) is 18.6. The van der Waals surface area contributed by atoms with Crippen LogP contribution in [0.5, 0.6) is 0 Å². The first kappa shape index (κ1) is 43.2. The number of rotatable bonds is 21. The second kappa shape index (κ2) is 21.5. The van der Waals surface area contributed by atoms with E-state index in [-0.39, 0.29) is 43.6 Å². The maximum atomic E-state index is 14.1. The van der Waals surface area contributed by atoms with Gasteiger partial charge >= 0.3 is 0 Å². The molecule has 3 rings (SSSR count). The van der Waals surface area contributed by atoms with Crippen LogP contribution in [0.15, 0.2) is 60.7 Å². The second-order valence-corrected chi connectivity index (χ2v) is 15.0. The summed E-state index contributed by atoms with van der Waals surface area (Å²) in [5.41, 5.74) is -0.337. The SMILES string of the molecule is CC(C)C[C@H](NC(=O)[C@@H](CCc1ccccc1)NC(=O)CN1CCOCC1)C(=O)N[C@H](Cc1ccccc1)C(=O)N[C@@H](CC(C)C)C(=O)[C@@](C)(O)CO. The Kier molecular flexibility index (Phi) is 17.5. The number of carbonyl (C=O) groups excluding carboxylic acids is 5. The molecule has 2 aromatic carbocycles. The Morgan fingerprint density at radius 3 is 1.77 bits per heavy atom. The highest BCUT2D eigenvalue weighted by Gasteiger charge is 2.38. The van der Waals surface area contributed by atoms with Crippen LogP contribution in [0.25, 0.3) is 0 Å². The zero-order chi connectivity index (χ0) is 39.0. The topological polar surface area (TPSA) is 186 Å². The number of aliphatic hydroxyl groups is 2. The Hall–Kier alpha value is -4.17. The standard InChI is InChI=1S/C40H59N5O8/c1-27(2)22-32(36(48)40(5,52)26-46)42-39(51)34(24-30-14-10-7-11-15-30)44-38(50)33(23-28(3)4)43-37(49)31(17-16-29-12-8-6-9-13-29)41-35(47)25-45-18-20-53-21-19-45/h6-15,27-28,31-34,46,52H,16-26H2,1-5H3,(H,41,47)(H,42,51)(H,43,49)(H,44,50)/t31-,32+,33+,34-,40+/m1/s1. The molecule has 1 saturated heterocycles. The van der Waals surface area contributed by atoms with Crippen LogP contribution in [0, 0.1) is 11.8 Å². The third-order valence-corrected chi connectivity index (χ3v) is 9.12. The first-order valence-corrected chi connectivity index (χ1v) is 18.6. The van der Waals surface area contributed by atoms with Gasteiger partial charge in [-0.05, 0) is 55.6 Å². The molecule has 0 saturated carbocycles. The van der Waals surface area contributed by atoms with Crippen molar-refractivity contribution in [2.24, 2.45) is 11.8 Å². The van der Waals surface area contributed by atoms with E-state index in [2.05, 4.69) is 21.3 Å². The molecule has 0 spiro atoms. The summed E-state index contributed by atoms with van der Waals surface area (Å²) in [6.07, 6.45) is 1.33. The lowest BCUT2D eigenvalue weighted by Crippen LogP contribution is -2.60. The van der Waals surface area contributed by atoms with Crippen molar-refractivity contribution in [3.63, 3.8) is 0 Å². The summed E-state index contributed by atoms with van der Waals surface area (Å²) in [6.45, 7) is 10.3. The second-order valence-electron chi connectivity index (χ2n) is 15.0. The van der Waals surface area contributed by atoms with E-state index >= 15 is 0 Å². The van der Waals surface area contributed by atoms with E-state index in [1.807, 2.05) is 81.1 Å². The third-order valence-electron chi connectivity index (χ3n) is 9.12. The van der Waals surface area contributed by atoms with Crippen molar-refractivity contribution in [1.29, 1.82) is 0 Å². The van der Waals surface area contributed by atoms with Crippen LogP contribution in [0.1, 0.15) is 65.0 Å². The minimum absolute atomic E-state index is 0.0279. The summed E-state index contributed by atoms with van der Waals surface area (Å²) in [7, 11) is 0. The average Bonchev–Trinajstić information content (AvgIpc) is 3.12. The molecule has 1 aliphatic heterocycles. The van der Waals surface area contributed by atoms with Crippen LogP contribution in [0.4, 0.5) is 0 Å². The highest BCUT2D eigenvalue weighted by molar-refractivity contribution is 5.97. The molecule has 13 heteroatoms. The van der Waals surface area contributed by atoms with E-state index < -0.39 is 59.9 Å². The Morgan fingerprint density at radius 1 is 0.717 bits per heavy atom. The molecule has 13 nitrogen and oxygen atoms in total. The van der Waals surface area contributed by atoms with Crippen molar-refractivity contribution in [2.45, 2.75) is 96.5 Å². The van der Waals surface area contributed by atoms with Crippen molar-refractivity contribution in [1.82, 2.24) is 26.2 Å². The Labute approximate surface area is 313 Å². The van der Waals surface area contributed by atoms with Gasteiger partial charge < -0.3 is 36.2 Å². The smallest absolute Gasteiger partial charge is 0.243 e. The summed E-state index contributed by atoms with van der Waals surface area (Å²) in [4.78, 5) is 70.2. The molecule has 0 aliphatic carbocycles. The number of Topliss-reactive ketones (excluding diaryl/α,β-unsaturated/α-hetero) is 1. The average molecular weight is 738 g/mol. The number of nitrogens with zero attached hydrogens (tertiary/aromatic N) is 1. The maximum absolute atomic E-state index is 14.1. The zero-order valence-corrected chi connectivity index (χ0v) is 31.8. The van der Waals surface area contributed by atoms with Gasteiger partial charge in [0.15, 0.2) is 5.78 Å². The molecule has 53 heavy (non-hydrogen) atoms. The fraction of sp³-hybridized carbons (Fsp3) is 0.575. The molecule has 2 aromatic rings. The summed E-state index contributed by atoms with van der Waals surface area (Å²) < 4.78 is 5.39. The van der Waals surface area contributed by atoms with Gasteiger partial charge in [-0.1, -0.05) is 88.4 Å². The summed E-state index contributed by atoms with van der Waals surface area (Å²) in [5, 5.41) is 31.5. The van der Waals surface area contributed by atoms with Gasteiger partial charge in [0.2, 0.25) is 23.6 Å². The first-order chi connectivity index (χ1) is 25.2. The Morgan fingerprint density at radius 2 is 1.21 bits per heavy atom. The molecule has 0 unspecified atom stereocenters. The molecule has 0 bridgehead atoms. The summed E-state index contributed by atoms with van der Waals surface area (Å²) in [6, 6.07) is 14.4.